The number of para-hydroxylation sites is 3. The lowest BCUT2D eigenvalue weighted by molar-refractivity contribution is 0.590. The highest BCUT2D eigenvalue weighted by atomic mass is 16.3. The number of hydrogen-bond acceptors (Lipinski definition) is 2. The number of benzene rings is 9. The van der Waals surface area contributed by atoms with Gasteiger partial charge in [0.05, 0.1) is 27.8 Å². The molecule has 0 saturated heterocycles. The largest absolute Gasteiger partial charge is 0.455 e. The maximum absolute atomic E-state index is 7.20. The number of hydrogen-bond donors (Lipinski definition) is 0. The van der Waals surface area contributed by atoms with Crippen molar-refractivity contribution in [3.8, 4) is 33.6 Å². The summed E-state index contributed by atoms with van der Waals surface area (Å²) in [6.07, 6.45) is 0. The Hall–Kier alpha value is -7.76. The number of nitrogens with zero attached hydrogens (tertiary/aromatic N) is 3. The number of aromatic nitrogens is 2. The molecular weight excluding hydrogens is 814 g/mol. The Bertz CT molecular complexity index is 4050. The van der Waals surface area contributed by atoms with E-state index in [0.29, 0.717) is 0 Å². The Kier molecular flexibility index (Phi) is 7.71. The van der Waals surface area contributed by atoms with E-state index in [4.69, 9.17) is 4.42 Å². The van der Waals surface area contributed by atoms with Crippen LogP contribution in [0.2, 0.25) is 0 Å². The lowest BCUT2D eigenvalue weighted by Gasteiger charge is -2.43. The summed E-state index contributed by atoms with van der Waals surface area (Å²) in [4.78, 5) is 2.70. The molecule has 0 saturated carbocycles. The first-order chi connectivity index (χ1) is 32.5. The van der Waals surface area contributed by atoms with E-state index in [9.17, 15) is 0 Å². The van der Waals surface area contributed by atoms with Gasteiger partial charge in [0.15, 0.2) is 0 Å². The van der Waals surface area contributed by atoms with Gasteiger partial charge in [0.25, 0.3) is 0 Å². The molecular formula is C62H48BN3O. The van der Waals surface area contributed by atoms with Crippen molar-refractivity contribution < 1.29 is 4.42 Å². The standard InChI is InChI=1S/C62H48BN3O/c1-61(2,3)39-27-32-52-47(33-39)48-34-40(62(4,5)6)35-50-57(48)65(52)53-36-49-44-22-14-16-24-54(44)67-60(49)55-46-31-30-45-43-21-13-15-23-51(43)64(41-19-11-8-12-20-41)58(45)59(46)66(63(50)56(53)55)42-28-25-38(26-29-42)37-17-9-7-10-18-37/h7-36H,1-6H3. The molecule has 67 heavy (non-hydrogen) atoms. The zero-order chi connectivity index (χ0) is 45.1. The highest BCUT2D eigenvalue weighted by Crippen LogP contribution is 2.53. The maximum Gasteiger partial charge on any atom is 0.333 e. The summed E-state index contributed by atoms with van der Waals surface area (Å²) in [5, 5.41) is 7.31. The minimum absolute atomic E-state index is 0.0153. The zero-order valence-corrected chi connectivity index (χ0v) is 38.6. The number of furan rings is 1. The molecule has 5 heteroatoms. The molecule has 5 heterocycles. The summed E-state index contributed by atoms with van der Waals surface area (Å²) < 4.78 is 12.3. The molecule has 0 aliphatic carbocycles. The van der Waals surface area contributed by atoms with Crippen LogP contribution < -0.4 is 15.7 Å². The second-order valence-corrected chi connectivity index (χ2v) is 20.9. The summed E-state index contributed by atoms with van der Waals surface area (Å²) in [5.41, 5.74) is 21.2. The van der Waals surface area contributed by atoms with Gasteiger partial charge in [0.1, 0.15) is 11.2 Å². The lowest BCUT2D eigenvalue weighted by Crippen LogP contribution is -2.61. The van der Waals surface area contributed by atoms with Gasteiger partial charge in [0.2, 0.25) is 0 Å². The molecule has 12 aromatic rings. The van der Waals surface area contributed by atoms with Crippen molar-refractivity contribution >= 4 is 94.7 Å². The topological polar surface area (TPSA) is 26.2 Å². The average molecular weight is 862 g/mol. The fourth-order valence-corrected chi connectivity index (χ4v) is 11.7. The second-order valence-electron chi connectivity index (χ2n) is 20.9. The number of rotatable bonds is 3. The molecule has 4 nitrogen and oxygen atoms in total. The SMILES string of the molecule is CC(C)(C)c1ccc2c(c1)c1cc(C(C)(C)C)cc3c1n2-c1cc2c(oc4ccccc42)c2c1B3N(c1ccc(-c3ccccc3)cc1)c1c-2ccc2c3ccccc3n(-c3ccccc3)c12. The minimum atomic E-state index is -0.214. The maximum atomic E-state index is 7.20. The first-order valence-electron chi connectivity index (χ1n) is 23.7. The fourth-order valence-electron chi connectivity index (χ4n) is 11.7. The van der Waals surface area contributed by atoms with E-state index in [0.717, 1.165) is 38.9 Å². The van der Waals surface area contributed by atoms with E-state index in [2.05, 4.69) is 237 Å². The van der Waals surface area contributed by atoms with Gasteiger partial charge in [-0.05, 0) is 105 Å². The summed E-state index contributed by atoms with van der Waals surface area (Å²) >= 11 is 0. The Morgan fingerprint density at radius 1 is 0.448 bits per heavy atom. The fraction of sp³-hybridized carbons (Fsp3) is 0.129. The van der Waals surface area contributed by atoms with Gasteiger partial charge in [-0.25, -0.2) is 0 Å². The number of anilines is 2. The normalized spacial score (nSPS) is 13.5. The molecule has 0 N–H and O–H groups in total. The molecule has 0 amide bonds. The first kappa shape index (κ1) is 38.5. The molecule has 0 spiro atoms. The summed E-state index contributed by atoms with van der Waals surface area (Å²) in [6.45, 7) is 13.8. The Morgan fingerprint density at radius 2 is 1.10 bits per heavy atom. The van der Waals surface area contributed by atoms with Crippen LogP contribution in [0, 0.1) is 0 Å². The molecule has 0 atom stereocenters. The summed E-state index contributed by atoms with van der Waals surface area (Å²) in [5.74, 6) is 0. The summed E-state index contributed by atoms with van der Waals surface area (Å²) in [7, 11) is 0. The van der Waals surface area contributed by atoms with Gasteiger partial charge in [-0.15, -0.1) is 0 Å². The van der Waals surface area contributed by atoms with Crippen molar-refractivity contribution in [2.45, 2.75) is 52.4 Å². The van der Waals surface area contributed by atoms with Gasteiger partial charge < -0.3 is 18.4 Å². The van der Waals surface area contributed by atoms with Gasteiger partial charge in [0, 0.05) is 60.5 Å². The van der Waals surface area contributed by atoms with Crippen LogP contribution >= 0.6 is 0 Å². The zero-order valence-electron chi connectivity index (χ0n) is 38.6. The van der Waals surface area contributed by atoms with Gasteiger partial charge in [-0.1, -0.05) is 163 Å². The molecule has 0 unspecified atom stereocenters. The van der Waals surface area contributed by atoms with Gasteiger partial charge >= 0.3 is 6.85 Å². The molecule has 2 aliphatic heterocycles. The van der Waals surface area contributed by atoms with Crippen LogP contribution in [0.1, 0.15) is 52.7 Å². The summed E-state index contributed by atoms with van der Waals surface area (Å²) in [6, 6.07) is 68.0. The van der Waals surface area contributed by atoms with E-state index in [1.54, 1.807) is 0 Å². The molecule has 9 aromatic carbocycles. The monoisotopic (exact) mass is 861 g/mol. The van der Waals surface area contributed by atoms with E-state index < -0.39 is 0 Å². The molecule has 14 rings (SSSR count). The quantitative estimate of drug-likeness (QED) is 0.165. The Morgan fingerprint density at radius 3 is 1.87 bits per heavy atom. The second kappa shape index (κ2) is 13.4. The average Bonchev–Trinajstić information content (AvgIpc) is 4.00. The highest BCUT2D eigenvalue weighted by Gasteiger charge is 2.47. The third kappa shape index (κ3) is 5.31. The van der Waals surface area contributed by atoms with Crippen molar-refractivity contribution in [1.82, 2.24) is 9.13 Å². The van der Waals surface area contributed by atoms with Crippen LogP contribution in [-0.2, 0) is 10.8 Å². The Balaban J connectivity index is 1.22. The lowest BCUT2D eigenvalue weighted by atomic mass is 9.43. The van der Waals surface area contributed by atoms with Crippen LogP contribution in [0.5, 0.6) is 0 Å². The molecule has 0 radical (unpaired) electrons. The molecule has 2 aliphatic rings. The highest BCUT2D eigenvalue weighted by molar-refractivity contribution is 6.94. The van der Waals surface area contributed by atoms with Crippen LogP contribution in [0.4, 0.5) is 11.4 Å². The van der Waals surface area contributed by atoms with Crippen molar-refractivity contribution in [3.05, 3.63) is 193 Å². The van der Waals surface area contributed by atoms with Crippen LogP contribution in [0.25, 0.3) is 99.2 Å². The van der Waals surface area contributed by atoms with E-state index in [-0.39, 0.29) is 17.7 Å². The Labute approximate surface area is 390 Å². The van der Waals surface area contributed by atoms with Crippen molar-refractivity contribution in [2.24, 2.45) is 0 Å². The van der Waals surface area contributed by atoms with E-state index in [1.807, 2.05) is 0 Å². The predicted octanol–water partition coefficient (Wildman–Crippen LogP) is 15.3. The molecule has 320 valence electrons. The van der Waals surface area contributed by atoms with E-state index in [1.165, 1.54) is 93.7 Å². The van der Waals surface area contributed by atoms with Crippen LogP contribution in [0.15, 0.2) is 186 Å². The minimum Gasteiger partial charge on any atom is -0.455 e. The van der Waals surface area contributed by atoms with Crippen molar-refractivity contribution in [1.29, 1.82) is 0 Å². The van der Waals surface area contributed by atoms with Crippen LogP contribution in [-0.4, -0.2) is 16.0 Å². The smallest absolute Gasteiger partial charge is 0.333 e. The third-order valence-corrected chi connectivity index (χ3v) is 15.0. The molecule has 0 bridgehead atoms. The number of fused-ring (bicyclic) bond motifs is 15. The van der Waals surface area contributed by atoms with Gasteiger partial charge in [-0.2, -0.15) is 0 Å². The van der Waals surface area contributed by atoms with Crippen LogP contribution in [0.3, 0.4) is 0 Å². The third-order valence-electron chi connectivity index (χ3n) is 15.0. The van der Waals surface area contributed by atoms with Crippen molar-refractivity contribution in [2.75, 3.05) is 4.81 Å². The van der Waals surface area contributed by atoms with Crippen molar-refractivity contribution in [3.63, 3.8) is 0 Å². The molecule has 3 aromatic heterocycles. The van der Waals surface area contributed by atoms with Gasteiger partial charge in [-0.3, -0.25) is 0 Å². The first-order valence-corrected chi connectivity index (χ1v) is 23.7. The predicted molar refractivity (Wildman–Crippen MR) is 284 cm³/mol. The van der Waals surface area contributed by atoms with E-state index >= 15 is 0 Å². The molecule has 0 fully saturated rings.